The zero-order chi connectivity index (χ0) is 68.0. The fourth-order valence-corrected chi connectivity index (χ4v) is 13.7. The number of halogens is 4. The topological polar surface area (TPSA) is 264 Å². The number of amides is 2. The van der Waals surface area contributed by atoms with Crippen LogP contribution in [0.3, 0.4) is 0 Å². The summed E-state index contributed by atoms with van der Waals surface area (Å²) in [5.41, 5.74) is 6.08. The first-order valence-corrected chi connectivity index (χ1v) is 32.3. The number of benzene rings is 3. The number of piperidine rings is 3. The molecule has 6 atom stereocenters. The van der Waals surface area contributed by atoms with E-state index in [0.717, 1.165) is 25.9 Å². The maximum absolute atomic E-state index is 14.7. The van der Waals surface area contributed by atoms with Crippen LogP contribution in [0.25, 0.3) is 81.0 Å². The summed E-state index contributed by atoms with van der Waals surface area (Å²) >= 11 is 0. The molecule has 6 bridgehead atoms. The lowest BCUT2D eigenvalue weighted by molar-refractivity contribution is -0.113. The molecular weight excluding hydrogens is 1300 g/mol. The lowest BCUT2D eigenvalue weighted by atomic mass is 9.84. The summed E-state index contributed by atoms with van der Waals surface area (Å²) in [4.78, 5) is 74.1. The molecule has 512 valence electrons. The third-order valence-electron chi connectivity index (χ3n) is 18.8. The smallest absolute Gasteiger partial charge is 0.410 e. The molecule has 3 aromatic carbocycles. The second kappa shape index (κ2) is 28.0. The summed E-state index contributed by atoms with van der Waals surface area (Å²) in [5.74, 6) is 0.152. The molecule has 29 heteroatoms. The van der Waals surface area contributed by atoms with Gasteiger partial charge in [0.15, 0.2) is 17.1 Å². The number of aromatic nitrogens is 9. The standard InChI is InChI=1S/C25H24FN5O4.C25H26FN5O4.C20H18FN5O2.ClH/c1-25(5-6-25)35-24(32)31-9-14-11-33-12-15(10-31)22(14)34-23-21-20(29-13-30-23)18(8-28-21)17-4-3-16(27-2)7-19(17)26;1-25(2,3)35-24(32)31-9-14-11-33-12-15(10-31)22(14)34-23-21-20(29-13-30-23)18(8-28-21)17-6-5-16(27-4)7-19(17)26;1-22-13-2-3-14(16(21)4-13)15-7-24-18-17(15)25-10-26-20(18)28-19-11-5-23-6-12(19)9-27-8-11;/h3-4,7-8,13-15,22,28H,5-6,9-12H2,1H3;5-8,13-15,22,28H,9-12H2,1-3H3;2-4,7,10-12,19,23-24H,5-6,8-9H2;1H. The van der Waals surface area contributed by atoms with Gasteiger partial charge in [0.05, 0.1) is 59.4 Å². The van der Waals surface area contributed by atoms with Crippen molar-refractivity contribution in [3.63, 3.8) is 0 Å². The number of likely N-dealkylation sites (tertiary alicyclic amines) is 2. The lowest BCUT2D eigenvalue weighted by Crippen LogP contribution is -2.59. The average Bonchev–Trinajstić information content (AvgIpc) is 1.69. The summed E-state index contributed by atoms with van der Waals surface area (Å²) in [7, 11) is 0. The Morgan fingerprint density at radius 3 is 1.17 bits per heavy atom. The van der Waals surface area contributed by atoms with Gasteiger partial charge >= 0.3 is 12.2 Å². The first-order valence-electron chi connectivity index (χ1n) is 32.3. The van der Waals surface area contributed by atoms with Crippen molar-refractivity contribution >= 4 is 74.8 Å². The van der Waals surface area contributed by atoms with Gasteiger partial charge in [0.25, 0.3) is 0 Å². The molecule has 1 saturated carbocycles. The largest absolute Gasteiger partial charge is 0.472 e. The van der Waals surface area contributed by atoms with Crippen LogP contribution in [0.5, 0.6) is 17.6 Å². The molecule has 6 saturated heterocycles. The Kier molecular flexibility index (Phi) is 19.1. The molecule has 6 aromatic heterocycles. The summed E-state index contributed by atoms with van der Waals surface area (Å²) < 4.78 is 91.4. The number of nitrogens with one attached hydrogen (secondary N) is 4. The highest BCUT2D eigenvalue weighted by Gasteiger charge is 2.49. The summed E-state index contributed by atoms with van der Waals surface area (Å²) in [6.07, 6.45) is 10.1. The van der Waals surface area contributed by atoms with Gasteiger partial charge in [-0.15, -0.1) is 12.4 Å². The lowest BCUT2D eigenvalue weighted by Gasteiger charge is -2.46. The fourth-order valence-electron chi connectivity index (χ4n) is 13.7. The van der Waals surface area contributed by atoms with Crippen molar-refractivity contribution in [2.75, 3.05) is 78.9 Å². The Labute approximate surface area is 572 Å². The molecule has 6 aliphatic heterocycles. The van der Waals surface area contributed by atoms with E-state index in [1.807, 2.05) is 27.7 Å². The van der Waals surface area contributed by atoms with Gasteiger partial charge in [0.2, 0.25) is 17.6 Å². The number of aromatic amines is 3. The van der Waals surface area contributed by atoms with Crippen LogP contribution in [0.2, 0.25) is 0 Å². The van der Waals surface area contributed by atoms with E-state index in [-0.39, 0.29) is 101 Å². The molecule has 9 aromatic rings. The monoisotopic (exact) mass is 1370 g/mol. The number of ether oxygens (including phenoxy) is 8. The molecule has 99 heavy (non-hydrogen) atoms. The second-order valence-corrected chi connectivity index (χ2v) is 26.8. The Balaban J connectivity index is 0.000000134. The maximum atomic E-state index is 14.7. The molecule has 16 rings (SSSR count). The van der Waals surface area contributed by atoms with Crippen LogP contribution in [0, 0.1) is 72.7 Å². The van der Waals surface area contributed by atoms with E-state index in [4.69, 9.17) is 57.6 Å². The van der Waals surface area contributed by atoms with Crippen LogP contribution in [0.4, 0.5) is 39.8 Å². The Morgan fingerprint density at radius 2 is 0.848 bits per heavy atom. The molecule has 0 spiro atoms. The third-order valence-corrected chi connectivity index (χ3v) is 18.8. The second-order valence-electron chi connectivity index (χ2n) is 26.8. The van der Waals surface area contributed by atoms with Crippen molar-refractivity contribution in [1.29, 1.82) is 0 Å². The van der Waals surface area contributed by atoms with Gasteiger partial charge in [-0.1, -0.05) is 36.4 Å². The number of hydrogen-bond donors (Lipinski definition) is 4. The zero-order valence-electron chi connectivity index (χ0n) is 54.3. The van der Waals surface area contributed by atoms with Gasteiger partial charge in [-0.05, 0) is 58.7 Å². The van der Waals surface area contributed by atoms with Crippen LogP contribution in [-0.4, -0.2) is 175 Å². The van der Waals surface area contributed by atoms with E-state index in [2.05, 4.69) is 64.7 Å². The van der Waals surface area contributed by atoms with E-state index < -0.39 is 23.1 Å². The van der Waals surface area contributed by atoms with Crippen molar-refractivity contribution in [3.05, 3.63) is 144 Å². The molecule has 7 fully saturated rings. The van der Waals surface area contributed by atoms with Gasteiger partial charge in [-0.3, -0.25) is 0 Å². The van der Waals surface area contributed by atoms with Crippen LogP contribution < -0.4 is 19.5 Å². The van der Waals surface area contributed by atoms with Gasteiger partial charge in [-0.2, -0.15) is 15.0 Å². The predicted molar refractivity (Wildman–Crippen MR) is 357 cm³/mol. The number of rotatable bonds is 10. The minimum atomic E-state index is -0.566. The minimum Gasteiger partial charge on any atom is -0.472 e. The molecule has 12 heterocycles. The number of H-pyrrole nitrogens is 3. The van der Waals surface area contributed by atoms with E-state index in [1.165, 1.54) is 37.2 Å². The summed E-state index contributed by atoms with van der Waals surface area (Å²) in [5, 5.41) is 3.42. The van der Waals surface area contributed by atoms with E-state index in [0.29, 0.717) is 150 Å². The van der Waals surface area contributed by atoms with Gasteiger partial charge < -0.3 is 68.0 Å². The van der Waals surface area contributed by atoms with E-state index in [9.17, 15) is 22.8 Å². The molecule has 25 nitrogen and oxygen atoms in total. The molecular formula is C70H69ClF3N15O10. The summed E-state index contributed by atoms with van der Waals surface area (Å²) in [6.45, 7) is 35.5. The van der Waals surface area contributed by atoms with Crippen LogP contribution in [-0.2, 0) is 23.7 Å². The Bertz CT molecular complexity index is 4410. The van der Waals surface area contributed by atoms with Gasteiger partial charge in [-0.25, -0.2) is 52.2 Å². The molecule has 1 aliphatic carbocycles. The minimum absolute atomic E-state index is 0. The number of fused-ring (bicyclic) bond motifs is 9. The predicted octanol–water partition coefficient (Wildman–Crippen LogP) is 12.3. The molecule has 0 radical (unpaired) electrons. The van der Waals surface area contributed by atoms with Crippen LogP contribution in [0.15, 0.2) is 92.2 Å². The SMILES string of the molecule is Cl.[C-]#[N+]c1ccc(-c2c[nH]c3c(OC4C5CNCC4COC5)ncnc23)c(F)c1.[C-]#[N+]c1ccc(-c2c[nH]c3c(OC4C5COCC4CN(C(=O)OC(C)(C)C)C5)ncnc23)c(F)c1.[C-]#[N+]c1ccc(-c2c[nH]c3c(OC4C5COCC4CN(C(=O)OC4(C)CC4)C5)ncnc23)c(F)c1. The Hall–Kier alpha value is -10.2. The van der Waals surface area contributed by atoms with Crippen LogP contribution >= 0.6 is 12.4 Å². The van der Waals surface area contributed by atoms with Crippen molar-refractivity contribution in [2.24, 2.45) is 35.5 Å². The third kappa shape index (κ3) is 14.0. The first-order chi connectivity index (χ1) is 47.4. The molecule has 4 N–H and O–H groups in total. The van der Waals surface area contributed by atoms with Crippen molar-refractivity contribution < 1.29 is 60.7 Å². The normalized spacial score (nSPS) is 23.3. The van der Waals surface area contributed by atoms with Crippen molar-refractivity contribution in [3.8, 4) is 51.0 Å². The molecule has 6 unspecified atom stereocenters. The van der Waals surface area contributed by atoms with E-state index in [1.54, 1.807) is 64.8 Å². The number of carbonyl (C=O) groups is 2. The van der Waals surface area contributed by atoms with E-state index >= 15 is 0 Å². The Morgan fingerprint density at radius 1 is 0.515 bits per heavy atom. The first kappa shape index (κ1) is 67.4. The van der Waals surface area contributed by atoms with Gasteiger partial charge in [0.1, 0.15) is 99.0 Å². The number of carbonyl (C=O) groups excluding carboxylic acids is 2. The highest BCUT2D eigenvalue weighted by atomic mass is 35.5. The van der Waals surface area contributed by atoms with Gasteiger partial charge in [0, 0.05) is 127 Å². The highest BCUT2D eigenvalue weighted by molar-refractivity contribution is 5.97. The number of nitrogens with zero attached hydrogens (tertiary/aromatic N) is 11. The highest BCUT2D eigenvalue weighted by Crippen LogP contribution is 2.43. The molecule has 2 amide bonds. The average molecular weight is 1370 g/mol. The molecule has 7 aliphatic rings. The fraction of sp³-hybridized carbons (Fsp3) is 0.414. The van der Waals surface area contributed by atoms with Crippen LogP contribution in [0.1, 0.15) is 40.5 Å². The van der Waals surface area contributed by atoms with Crippen molar-refractivity contribution in [1.82, 2.24) is 60.0 Å². The van der Waals surface area contributed by atoms with Crippen molar-refractivity contribution in [2.45, 2.75) is 70.1 Å². The summed E-state index contributed by atoms with van der Waals surface area (Å²) in [6, 6.07) is 13.1. The number of hydrogen-bond acceptors (Lipinski definition) is 17. The quantitative estimate of drug-likeness (QED) is 0.0927. The maximum Gasteiger partial charge on any atom is 0.410 e. The zero-order valence-corrected chi connectivity index (χ0v) is 55.1.